The van der Waals surface area contributed by atoms with Gasteiger partial charge in [0.2, 0.25) is 0 Å². The number of esters is 2. The average molecular weight is 240 g/mol. The molecule has 0 aromatic carbocycles. The maximum atomic E-state index is 11.7. The Bertz CT molecular complexity index is 366. The van der Waals surface area contributed by atoms with Crippen LogP contribution in [0, 0.1) is 11.8 Å². The first-order chi connectivity index (χ1) is 8.11. The molecule has 3 aliphatic rings. The number of carbonyl (C=O) groups is 2. The SMILES string of the molecule is CCC(C)C(=O)OC1C2CC3C(=O)OC1C3O2. The molecule has 0 saturated carbocycles. The minimum Gasteiger partial charge on any atom is -0.455 e. The van der Waals surface area contributed by atoms with E-state index >= 15 is 0 Å². The maximum Gasteiger partial charge on any atom is 0.312 e. The molecule has 3 saturated heterocycles. The third kappa shape index (κ3) is 1.48. The zero-order chi connectivity index (χ0) is 12.2. The Hall–Kier alpha value is -1.10. The van der Waals surface area contributed by atoms with Gasteiger partial charge in [-0.1, -0.05) is 13.8 Å². The molecule has 0 amide bonds. The Labute approximate surface area is 99.4 Å². The van der Waals surface area contributed by atoms with Crippen LogP contribution >= 0.6 is 0 Å². The van der Waals surface area contributed by atoms with Crippen molar-refractivity contribution in [1.29, 1.82) is 0 Å². The van der Waals surface area contributed by atoms with E-state index in [0.29, 0.717) is 6.42 Å². The van der Waals surface area contributed by atoms with E-state index in [1.807, 2.05) is 13.8 Å². The molecule has 3 aliphatic heterocycles. The fourth-order valence-electron chi connectivity index (χ4n) is 2.80. The molecule has 3 fully saturated rings. The summed E-state index contributed by atoms with van der Waals surface area (Å²) in [6, 6.07) is 0. The van der Waals surface area contributed by atoms with Gasteiger partial charge in [0, 0.05) is 0 Å². The minimum atomic E-state index is -0.399. The van der Waals surface area contributed by atoms with Gasteiger partial charge in [-0.15, -0.1) is 0 Å². The Balaban J connectivity index is 1.70. The predicted molar refractivity (Wildman–Crippen MR) is 56.0 cm³/mol. The monoisotopic (exact) mass is 240 g/mol. The van der Waals surface area contributed by atoms with Crippen LogP contribution in [0.3, 0.4) is 0 Å². The van der Waals surface area contributed by atoms with Crippen molar-refractivity contribution in [2.45, 2.75) is 51.1 Å². The topological polar surface area (TPSA) is 61.8 Å². The first-order valence-electron chi connectivity index (χ1n) is 6.18. The summed E-state index contributed by atoms with van der Waals surface area (Å²) < 4.78 is 16.3. The van der Waals surface area contributed by atoms with E-state index in [1.54, 1.807) is 0 Å². The van der Waals surface area contributed by atoms with Crippen molar-refractivity contribution in [1.82, 2.24) is 0 Å². The van der Waals surface area contributed by atoms with Crippen LogP contribution in [-0.4, -0.2) is 36.4 Å². The molecule has 5 heteroatoms. The molecule has 0 N–H and O–H groups in total. The predicted octanol–water partition coefficient (Wildman–Crippen LogP) is 0.657. The Morgan fingerprint density at radius 1 is 1.53 bits per heavy atom. The number of ether oxygens (including phenoxy) is 3. The summed E-state index contributed by atoms with van der Waals surface area (Å²) in [5, 5.41) is 0. The molecule has 0 aliphatic carbocycles. The highest BCUT2D eigenvalue weighted by atomic mass is 16.7. The lowest BCUT2D eigenvalue weighted by molar-refractivity contribution is -0.164. The second kappa shape index (κ2) is 3.70. The van der Waals surface area contributed by atoms with Crippen LogP contribution in [0.15, 0.2) is 0 Å². The summed E-state index contributed by atoms with van der Waals surface area (Å²) in [5.74, 6) is -0.691. The van der Waals surface area contributed by atoms with E-state index in [4.69, 9.17) is 14.2 Å². The molecule has 0 aromatic rings. The van der Waals surface area contributed by atoms with Gasteiger partial charge in [0.05, 0.1) is 17.9 Å². The van der Waals surface area contributed by atoms with Crippen molar-refractivity contribution in [2.24, 2.45) is 11.8 Å². The zero-order valence-corrected chi connectivity index (χ0v) is 9.92. The summed E-state index contributed by atoms with van der Waals surface area (Å²) in [7, 11) is 0. The summed E-state index contributed by atoms with van der Waals surface area (Å²) in [4.78, 5) is 23.2. The zero-order valence-electron chi connectivity index (χ0n) is 9.92. The normalized spacial score (nSPS) is 43.6. The number of hydrogen-bond acceptors (Lipinski definition) is 5. The highest BCUT2D eigenvalue weighted by molar-refractivity contribution is 5.78. The number of hydrogen-bond donors (Lipinski definition) is 0. The molecule has 3 heterocycles. The van der Waals surface area contributed by atoms with Gasteiger partial charge in [-0.05, 0) is 12.8 Å². The van der Waals surface area contributed by atoms with Crippen LogP contribution < -0.4 is 0 Å². The fraction of sp³-hybridized carbons (Fsp3) is 0.833. The van der Waals surface area contributed by atoms with E-state index < -0.39 is 6.10 Å². The van der Waals surface area contributed by atoms with E-state index in [1.165, 1.54) is 0 Å². The molecule has 5 nitrogen and oxygen atoms in total. The van der Waals surface area contributed by atoms with Crippen LogP contribution in [0.2, 0.25) is 0 Å². The second-order valence-electron chi connectivity index (χ2n) is 5.09. The number of fused-ring (bicyclic) bond motifs is 1. The first kappa shape index (κ1) is 11.0. The summed E-state index contributed by atoms with van der Waals surface area (Å²) in [6.45, 7) is 3.77. The largest absolute Gasteiger partial charge is 0.455 e. The highest BCUT2D eigenvalue weighted by Crippen LogP contribution is 2.47. The molecular weight excluding hydrogens is 224 g/mol. The molecular formula is C12H16O5. The van der Waals surface area contributed by atoms with Crippen molar-refractivity contribution in [3.05, 3.63) is 0 Å². The fourth-order valence-corrected chi connectivity index (χ4v) is 2.80. The average Bonchev–Trinajstić information content (AvgIpc) is 2.92. The maximum absolute atomic E-state index is 11.7. The number of rotatable bonds is 3. The quantitative estimate of drug-likeness (QED) is 0.678. The van der Waals surface area contributed by atoms with Crippen LogP contribution in [0.1, 0.15) is 26.7 Å². The van der Waals surface area contributed by atoms with Gasteiger partial charge >= 0.3 is 11.9 Å². The van der Waals surface area contributed by atoms with Gasteiger partial charge in [-0.25, -0.2) is 0 Å². The van der Waals surface area contributed by atoms with E-state index in [0.717, 1.165) is 6.42 Å². The highest BCUT2D eigenvalue weighted by Gasteiger charge is 2.65. The second-order valence-corrected chi connectivity index (χ2v) is 5.09. The third-order valence-corrected chi connectivity index (χ3v) is 4.05. The van der Waals surface area contributed by atoms with Gasteiger partial charge in [0.1, 0.15) is 6.10 Å². The van der Waals surface area contributed by atoms with Crippen molar-refractivity contribution in [3.63, 3.8) is 0 Å². The Morgan fingerprint density at radius 3 is 3.00 bits per heavy atom. The Morgan fingerprint density at radius 2 is 2.29 bits per heavy atom. The molecule has 0 aromatic heterocycles. The first-order valence-corrected chi connectivity index (χ1v) is 6.18. The van der Waals surface area contributed by atoms with Crippen LogP contribution in [0.25, 0.3) is 0 Å². The number of carbonyl (C=O) groups excluding carboxylic acids is 2. The van der Waals surface area contributed by atoms with Gasteiger partial charge in [0.25, 0.3) is 0 Å². The molecule has 17 heavy (non-hydrogen) atoms. The lowest BCUT2D eigenvalue weighted by Crippen LogP contribution is -2.40. The van der Waals surface area contributed by atoms with Crippen molar-refractivity contribution in [3.8, 4) is 0 Å². The Kier molecular flexibility index (Phi) is 2.40. The molecule has 0 spiro atoms. The van der Waals surface area contributed by atoms with Crippen molar-refractivity contribution < 1.29 is 23.8 Å². The van der Waals surface area contributed by atoms with E-state index in [2.05, 4.69) is 0 Å². The molecule has 94 valence electrons. The van der Waals surface area contributed by atoms with Gasteiger partial charge in [-0.3, -0.25) is 9.59 Å². The van der Waals surface area contributed by atoms with Crippen LogP contribution in [0.4, 0.5) is 0 Å². The third-order valence-electron chi connectivity index (χ3n) is 4.05. The van der Waals surface area contributed by atoms with Crippen LogP contribution in [0.5, 0.6) is 0 Å². The van der Waals surface area contributed by atoms with Crippen LogP contribution in [-0.2, 0) is 23.8 Å². The van der Waals surface area contributed by atoms with Crippen molar-refractivity contribution >= 4 is 11.9 Å². The summed E-state index contributed by atoms with van der Waals surface area (Å²) >= 11 is 0. The molecule has 6 unspecified atom stereocenters. The molecule has 6 atom stereocenters. The van der Waals surface area contributed by atoms with Crippen molar-refractivity contribution in [2.75, 3.05) is 0 Å². The van der Waals surface area contributed by atoms with E-state index in [9.17, 15) is 9.59 Å². The van der Waals surface area contributed by atoms with E-state index in [-0.39, 0.29) is 42.1 Å². The minimum absolute atomic E-state index is 0.123. The molecule has 2 bridgehead atoms. The molecule has 0 radical (unpaired) electrons. The van der Waals surface area contributed by atoms with Gasteiger partial charge in [0.15, 0.2) is 12.2 Å². The lowest BCUT2D eigenvalue weighted by Gasteiger charge is -2.23. The van der Waals surface area contributed by atoms with Gasteiger partial charge in [-0.2, -0.15) is 0 Å². The standard InChI is InChI=1S/C12H16O5/c1-3-5(2)11(13)16-9-7-4-6-8(15-7)10(9)17-12(6)14/h5-10H,3-4H2,1-2H3. The lowest BCUT2D eigenvalue weighted by atomic mass is 9.88. The molecule has 3 rings (SSSR count). The summed E-state index contributed by atoms with van der Waals surface area (Å²) in [6.07, 6.45) is 0.242. The smallest absolute Gasteiger partial charge is 0.312 e. The van der Waals surface area contributed by atoms with Gasteiger partial charge < -0.3 is 14.2 Å². The summed E-state index contributed by atoms with van der Waals surface area (Å²) in [5.41, 5.74) is 0.